The first kappa shape index (κ1) is 51.6. The molecular weight excluding hydrogens is 915 g/mol. The summed E-state index contributed by atoms with van der Waals surface area (Å²) in [5.41, 5.74) is 7.14. The third-order valence-electron chi connectivity index (χ3n) is 13.0. The third-order valence-corrected chi connectivity index (χ3v) is 13.0. The van der Waals surface area contributed by atoms with Gasteiger partial charge in [0.2, 0.25) is 0 Å². The zero-order valence-corrected chi connectivity index (χ0v) is 41.3. The molecule has 2 heterocycles. The average molecular weight is 980 g/mol. The molecule has 9 rings (SSSR count). The monoisotopic (exact) mass is 979 g/mol. The summed E-state index contributed by atoms with van der Waals surface area (Å²) in [4.78, 5) is 0. The Hall–Kier alpha value is -6.30. The second-order valence-electron chi connectivity index (χ2n) is 18.3. The molecule has 7 aromatic carbocycles. The van der Waals surface area contributed by atoms with E-state index in [4.69, 9.17) is 42.6 Å². The molecule has 0 saturated carbocycles. The van der Waals surface area contributed by atoms with Crippen LogP contribution in [0.4, 0.5) is 0 Å². The van der Waals surface area contributed by atoms with Gasteiger partial charge in [-0.1, -0.05) is 224 Å². The van der Waals surface area contributed by atoms with Crippen molar-refractivity contribution >= 4 is 0 Å². The van der Waals surface area contributed by atoms with E-state index in [0.717, 1.165) is 38.9 Å². The van der Waals surface area contributed by atoms with Crippen molar-refractivity contribution in [1.29, 1.82) is 0 Å². The van der Waals surface area contributed by atoms with Crippen molar-refractivity contribution in [3.63, 3.8) is 0 Å². The van der Waals surface area contributed by atoms with Crippen LogP contribution in [0.3, 0.4) is 0 Å². The lowest BCUT2D eigenvalue weighted by Crippen LogP contribution is -2.67. The molecule has 1 N–H and O–H groups in total. The molecule has 2 fully saturated rings. The summed E-state index contributed by atoms with van der Waals surface area (Å²) >= 11 is 0. The zero-order valence-electron chi connectivity index (χ0n) is 41.3. The Kier molecular flexibility index (Phi) is 19.6. The number of ether oxygens (including phenoxy) is 9. The quantitative estimate of drug-likeness (QED) is 0.0625. The molecule has 10 heteroatoms. The van der Waals surface area contributed by atoms with E-state index in [2.05, 4.69) is 65.7 Å². The number of piperidine rings is 1. The fourth-order valence-electron chi connectivity index (χ4n) is 9.20. The molecule has 7 aromatic rings. The minimum atomic E-state index is -0.860. The highest BCUT2D eigenvalue weighted by Gasteiger charge is 2.50. The number of benzene rings is 7. The van der Waals surface area contributed by atoms with Gasteiger partial charge in [0.05, 0.1) is 64.9 Å². The maximum absolute atomic E-state index is 7.07. The highest BCUT2D eigenvalue weighted by molar-refractivity contribution is 5.24. The Morgan fingerprint density at radius 3 is 1.05 bits per heavy atom. The van der Waals surface area contributed by atoms with Gasteiger partial charge in [-0.05, 0) is 38.9 Å². The zero-order chi connectivity index (χ0) is 49.7. The molecule has 376 valence electrons. The van der Waals surface area contributed by atoms with Crippen LogP contribution in [0.2, 0.25) is 0 Å². The van der Waals surface area contributed by atoms with Gasteiger partial charge in [-0.25, -0.2) is 0 Å². The van der Waals surface area contributed by atoms with Crippen molar-refractivity contribution in [3.8, 4) is 11.8 Å². The largest absolute Gasteiger partial charge is 0.375 e. The highest BCUT2D eigenvalue weighted by Crippen LogP contribution is 2.32. The summed E-state index contributed by atoms with van der Waals surface area (Å²) in [6.45, 7) is 2.57. The third kappa shape index (κ3) is 15.1. The summed E-state index contributed by atoms with van der Waals surface area (Å²) in [5, 5.41) is 3.87. The van der Waals surface area contributed by atoms with Crippen molar-refractivity contribution in [2.45, 2.75) is 107 Å². The Morgan fingerprint density at radius 2 is 0.671 bits per heavy atom. The molecule has 2 saturated heterocycles. The molecule has 73 heavy (non-hydrogen) atoms. The number of methoxy groups -OCH3 is 1. The maximum Gasteiger partial charge on any atom is 0.187 e. The van der Waals surface area contributed by atoms with Gasteiger partial charge in [0, 0.05) is 7.11 Å². The lowest BCUT2D eigenvalue weighted by Gasteiger charge is -2.46. The molecule has 2 aliphatic rings. The van der Waals surface area contributed by atoms with E-state index < -0.39 is 55.1 Å². The van der Waals surface area contributed by atoms with E-state index in [1.807, 2.05) is 164 Å². The van der Waals surface area contributed by atoms with Gasteiger partial charge in [-0.3, -0.25) is 5.32 Å². The van der Waals surface area contributed by atoms with E-state index >= 15 is 0 Å². The number of hydrogen-bond acceptors (Lipinski definition) is 10. The van der Waals surface area contributed by atoms with E-state index in [9.17, 15) is 0 Å². The second kappa shape index (κ2) is 27.7. The van der Waals surface area contributed by atoms with Gasteiger partial charge in [-0.2, -0.15) is 0 Å². The van der Waals surface area contributed by atoms with Crippen LogP contribution in [-0.2, 0) is 88.9 Å². The topological polar surface area (TPSA) is 95.1 Å². The van der Waals surface area contributed by atoms with Gasteiger partial charge in [0.15, 0.2) is 6.29 Å². The Bertz CT molecular complexity index is 2680. The standard InChI is InChI=1S/C63H65NO9/c1-65-63-62(72-45-53-35-21-8-22-36-53)61(71-44-52-33-19-7-20-34-52)59(69-42-50-29-15-5-16-30-50)56(73-63)38-37-54-57(67-40-48-25-11-3-12-26-48)60(70-43-51-31-17-6-18-32-51)58(68-41-49-27-13-4-14-28-49)55(64-54)46-66-39-47-23-9-2-10-24-47/h2-36,54-64H,39-46H2,1H3/t54-,55+,56+,57-,58+,59+,60+,61-,62+,63-/m0/s1. The first-order valence-corrected chi connectivity index (χ1v) is 25.2. The molecule has 0 aliphatic carbocycles. The van der Waals surface area contributed by atoms with Crippen molar-refractivity contribution < 1.29 is 42.6 Å². The smallest absolute Gasteiger partial charge is 0.187 e. The summed E-state index contributed by atoms with van der Waals surface area (Å²) in [7, 11) is 1.62. The van der Waals surface area contributed by atoms with E-state index in [1.54, 1.807) is 7.11 Å². The Labute approximate surface area is 430 Å². The van der Waals surface area contributed by atoms with E-state index in [-0.39, 0.29) is 12.6 Å². The van der Waals surface area contributed by atoms with Crippen LogP contribution in [0.5, 0.6) is 0 Å². The van der Waals surface area contributed by atoms with Crippen molar-refractivity contribution in [2.75, 3.05) is 13.7 Å². The van der Waals surface area contributed by atoms with Crippen LogP contribution in [-0.4, -0.2) is 74.8 Å². The van der Waals surface area contributed by atoms with Crippen LogP contribution < -0.4 is 5.32 Å². The normalized spacial score (nSPS) is 23.8. The number of rotatable bonds is 23. The summed E-state index contributed by atoms with van der Waals surface area (Å²) in [6.07, 6.45) is -5.57. The molecule has 0 bridgehead atoms. The van der Waals surface area contributed by atoms with E-state index in [0.29, 0.717) is 46.2 Å². The van der Waals surface area contributed by atoms with E-state index in [1.165, 1.54) is 0 Å². The van der Waals surface area contributed by atoms with Crippen LogP contribution >= 0.6 is 0 Å². The van der Waals surface area contributed by atoms with Crippen LogP contribution in [0.25, 0.3) is 0 Å². The number of nitrogens with one attached hydrogen (secondary N) is 1. The predicted molar refractivity (Wildman–Crippen MR) is 280 cm³/mol. The van der Waals surface area contributed by atoms with Gasteiger partial charge in [-0.15, -0.1) is 0 Å². The van der Waals surface area contributed by atoms with Gasteiger partial charge < -0.3 is 42.6 Å². The highest BCUT2D eigenvalue weighted by atomic mass is 16.7. The van der Waals surface area contributed by atoms with Crippen LogP contribution in [0.15, 0.2) is 212 Å². The molecule has 0 radical (unpaired) electrons. The molecule has 0 spiro atoms. The lowest BCUT2D eigenvalue weighted by molar-refractivity contribution is -0.307. The van der Waals surface area contributed by atoms with Crippen molar-refractivity contribution in [3.05, 3.63) is 251 Å². The summed E-state index contributed by atoms with van der Waals surface area (Å²) < 4.78 is 61.3. The molecule has 10 atom stereocenters. The SMILES string of the molecule is CO[C@H]1O[C@H](C#C[C@@H]2N[C@H](COCc3ccccc3)[C@@H](OCc3ccccc3)[C@H](OCc3ccccc3)[C@H]2OCc2ccccc2)[C@@H](OCc2ccccc2)[C@H](OCc2ccccc2)[C@H]1OCc1ccccc1. The Morgan fingerprint density at radius 1 is 0.356 bits per heavy atom. The molecule has 0 unspecified atom stereocenters. The summed E-state index contributed by atoms with van der Waals surface area (Å²) in [5.74, 6) is 7.21. The molecular formula is C63H65NO9. The van der Waals surface area contributed by atoms with Gasteiger partial charge >= 0.3 is 0 Å². The molecule has 0 amide bonds. The first-order chi connectivity index (χ1) is 36.2. The fourth-order valence-corrected chi connectivity index (χ4v) is 9.20. The number of hydrogen-bond donors (Lipinski definition) is 1. The lowest BCUT2D eigenvalue weighted by atomic mass is 9.89. The van der Waals surface area contributed by atoms with Crippen LogP contribution in [0.1, 0.15) is 38.9 Å². The minimum absolute atomic E-state index is 0.280. The second-order valence-corrected chi connectivity index (χ2v) is 18.3. The molecule has 0 aromatic heterocycles. The predicted octanol–water partition coefficient (Wildman–Crippen LogP) is 10.4. The maximum atomic E-state index is 7.07. The minimum Gasteiger partial charge on any atom is -0.375 e. The molecule has 10 nitrogen and oxygen atoms in total. The first-order valence-electron chi connectivity index (χ1n) is 25.2. The molecule has 2 aliphatic heterocycles. The van der Waals surface area contributed by atoms with Gasteiger partial charge in [0.1, 0.15) is 42.7 Å². The van der Waals surface area contributed by atoms with Crippen molar-refractivity contribution in [2.24, 2.45) is 0 Å². The Balaban J connectivity index is 1.09. The fraction of sp³-hybridized carbons (Fsp3) is 0.302. The average Bonchev–Trinajstić information content (AvgIpc) is 3.45. The van der Waals surface area contributed by atoms with Crippen LogP contribution in [0, 0.1) is 11.8 Å². The van der Waals surface area contributed by atoms with Crippen molar-refractivity contribution in [1.82, 2.24) is 5.32 Å². The van der Waals surface area contributed by atoms with Gasteiger partial charge in [0.25, 0.3) is 0 Å². The summed E-state index contributed by atoms with van der Waals surface area (Å²) in [6, 6.07) is 69.9.